The van der Waals surface area contributed by atoms with E-state index < -0.39 is 5.91 Å². The van der Waals surface area contributed by atoms with Crippen LogP contribution in [0.25, 0.3) is 11.3 Å². The maximum absolute atomic E-state index is 12.3. The number of hydrogen-bond acceptors (Lipinski definition) is 6. The first-order valence-corrected chi connectivity index (χ1v) is 8.66. The molecular formula is C18H18N6O3. The molecule has 1 aromatic carbocycles. The van der Waals surface area contributed by atoms with Crippen LogP contribution in [0.5, 0.6) is 0 Å². The van der Waals surface area contributed by atoms with Crippen LogP contribution in [0.2, 0.25) is 0 Å². The first-order valence-electron chi connectivity index (χ1n) is 8.66. The molecule has 3 aromatic rings. The summed E-state index contributed by atoms with van der Waals surface area (Å²) < 4.78 is 6.64. The molecule has 0 aliphatic carbocycles. The molecule has 1 fully saturated rings. The predicted molar refractivity (Wildman–Crippen MR) is 96.9 cm³/mol. The maximum atomic E-state index is 12.3. The molecule has 9 heteroatoms. The van der Waals surface area contributed by atoms with Crippen LogP contribution in [0.4, 0.5) is 5.95 Å². The zero-order valence-corrected chi connectivity index (χ0v) is 14.5. The number of carbonyl (C=O) groups excluding carboxylic acids is 1. The van der Waals surface area contributed by atoms with E-state index in [4.69, 9.17) is 4.74 Å². The number of nitrogens with one attached hydrogen (secondary N) is 2. The number of hydrogen-bond donors (Lipinski definition) is 2. The van der Waals surface area contributed by atoms with Gasteiger partial charge in [-0.1, -0.05) is 30.3 Å². The molecule has 138 valence electrons. The predicted octanol–water partition coefficient (Wildman–Crippen LogP) is 1.52. The largest absolute Gasteiger partial charge is 0.370 e. The van der Waals surface area contributed by atoms with E-state index in [1.807, 2.05) is 30.3 Å². The van der Waals surface area contributed by atoms with Gasteiger partial charge in [0.05, 0.1) is 5.69 Å². The van der Waals surface area contributed by atoms with Crippen molar-refractivity contribution in [2.75, 3.05) is 11.9 Å². The van der Waals surface area contributed by atoms with Crippen LogP contribution in [0.3, 0.4) is 0 Å². The summed E-state index contributed by atoms with van der Waals surface area (Å²) in [5, 5.41) is 13.6. The Kier molecular flexibility index (Phi) is 4.75. The van der Waals surface area contributed by atoms with E-state index in [-0.39, 0.29) is 24.2 Å². The van der Waals surface area contributed by atoms with Gasteiger partial charge in [-0.05, 0) is 18.9 Å². The van der Waals surface area contributed by atoms with Crippen molar-refractivity contribution in [2.24, 2.45) is 0 Å². The van der Waals surface area contributed by atoms with E-state index in [0.717, 1.165) is 23.1 Å². The Morgan fingerprint density at radius 1 is 1.26 bits per heavy atom. The quantitative estimate of drug-likeness (QED) is 0.707. The van der Waals surface area contributed by atoms with Gasteiger partial charge >= 0.3 is 0 Å². The van der Waals surface area contributed by atoms with Crippen molar-refractivity contribution in [1.29, 1.82) is 0 Å². The molecule has 1 unspecified atom stereocenters. The number of H-pyrrole nitrogens is 1. The Hall–Kier alpha value is -3.33. The van der Waals surface area contributed by atoms with Crippen LogP contribution in [0.15, 0.2) is 47.3 Å². The minimum Gasteiger partial charge on any atom is -0.370 e. The molecule has 0 bridgehead atoms. The van der Waals surface area contributed by atoms with Gasteiger partial charge in [-0.2, -0.15) is 10.1 Å². The number of benzene rings is 1. The SMILES string of the molecule is O=C(Cn1nc(-c2ccccc2)ccc1=O)Nc1n[nH]c(C2CCCO2)n1. The molecular weight excluding hydrogens is 348 g/mol. The highest BCUT2D eigenvalue weighted by Gasteiger charge is 2.22. The molecule has 3 heterocycles. The summed E-state index contributed by atoms with van der Waals surface area (Å²) in [6.07, 6.45) is 1.73. The summed E-state index contributed by atoms with van der Waals surface area (Å²) in [7, 11) is 0. The lowest BCUT2D eigenvalue weighted by molar-refractivity contribution is -0.117. The fourth-order valence-electron chi connectivity index (χ4n) is 2.89. The normalized spacial score (nSPS) is 16.4. The summed E-state index contributed by atoms with van der Waals surface area (Å²) in [6.45, 7) is 0.461. The molecule has 4 rings (SSSR count). The Labute approximate surface area is 154 Å². The van der Waals surface area contributed by atoms with Crippen LogP contribution < -0.4 is 10.9 Å². The van der Waals surface area contributed by atoms with Gasteiger partial charge in [0.1, 0.15) is 12.6 Å². The minimum absolute atomic E-state index is 0.116. The van der Waals surface area contributed by atoms with Crippen molar-refractivity contribution < 1.29 is 9.53 Å². The van der Waals surface area contributed by atoms with E-state index in [9.17, 15) is 9.59 Å². The molecule has 27 heavy (non-hydrogen) atoms. The number of amides is 1. The van der Waals surface area contributed by atoms with Crippen molar-refractivity contribution in [3.05, 3.63) is 58.6 Å². The number of carbonyl (C=O) groups is 1. The summed E-state index contributed by atoms with van der Waals surface area (Å²) in [6, 6.07) is 12.5. The average molecular weight is 366 g/mol. The van der Waals surface area contributed by atoms with E-state index >= 15 is 0 Å². The second kappa shape index (κ2) is 7.50. The molecule has 9 nitrogen and oxygen atoms in total. The summed E-state index contributed by atoms with van der Waals surface area (Å²) in [4.78, 5) is 28.5. The first kappa shape index (κ1) is 17.1. The Morgan fingerprint density at radius 3 is 2.89 bits per heavy atom. The smallest absolute Gasteiger partial charge is 0.267 e. The lowest BCUT2D eigenvalue weighted by Gasteiger charge is -2.07. The molecule has 0 spiro atoms. The van der Waals surface area contributed by atoms with Crippen molar-refractivity contribution in [3.8, 4) is 11.3 Å². The van der Waals surface area contributed by atoms with Gasteiger partial charge < -0.3 is 4.74 Å². The fraction of sp³-hybridized carbons (Fsp3) is 0.278. The number of anilines is 1. The third-order valence-electron chi connectivity index (χ3n) is 4.22. The molecule has 0 radical (unpaired) electrons. The number of aromatic amines is 1. The van der Waals surface area contributed by atoms with Crippen molar-refractivity contribution >= 4 is 11.9 Å². The molecule has 1 aliphatic rings. The third kappa shape index (κ3) is 3.93. The second-order valence-corrected chi connectivity index (χ2v) is 6.17. The number of nitrogens with zero attached hydrogens (tertiary/aromatic N) is 4. The molecule has 1 saturated heterocycles. The highest BCUT2D eigenvalue weighted by atomic mass is 16.5. The van der Waals surface area contributed by atoms with E-state index in [1.54, 1.807) is 6.07 Å². The maximum Gasteiger partial charge on any atom is 0.267 e. The zero-order valence-electron chi connectivity index (χ0n) is 14.5. The fourth-order valence-corrected chi connectivity index (χ4v) is 2.89. The molecule has 2 N–H and O–H groups in total. The first-order chi connectivity index (χ1) is 13.2. The lowest BCUT2D eigenvalue weighted by atomic mass is 10.1. The molecule has 0 saturated carbocycles. The highest BCUT2D eigenvalue weighted by Crippen LogP contribution is 2.26. The van der Waals surface area contributed by atoms with Crippen LogP contribution >= 0.6 is 0 Å². The van der Waals surface area contributed by atoms with Crippen LogP contribution in [-0.4, -0.2) is 37.5 Å². The topological polar surface area (TPSA) is 115 Å². The molecule has 2 aromatic heterocycles. The number of rotatable bonds is 5. The van der Waals surface area contributed by atoms with Crippen molar-refractivity contribution in [1.82, 2.24) is 25.0 Å². The van der Waals surface area contributed by atoms with Crippen LogP contribution in [0, 0.1) is 0 Å². The Bertz CT molecular complexity index is 992. The van der Waals surface area contributed by atoms with E-state index in [0.29, 0.717) is 18.1 Å². The van der Waals surface area contributed by atoms with Crippen LogP contribution in [0.1, 0.15) is 24.8 Å². The molecule has 1 atom stereocenters. The van der Waals surface area contributed by atoms with Crippen LogP contribution in [-0.2, 0) is 16.1 Å². The average Bonchev–Trinajstić information content (AvgIpc) is 3.36. The lowest BCUT2D eigenvalue weighted by Crippen LogP contribution is -2.29. The number of ether oxygens (including phenoxy) is 1. The van der Waals surface area contributed by atoms with Gasteiger partial charge in [-0.3, -0.25) is 20.0 Å². The van der Waals surface area contributed by atoms with Gasteiger partial charge in [-0.25, -0.2) is 4.68 Å². The van der Waals surface area contributed by atoms with E-state index in [2.05, 4.69) is 25.6 Å². The van der Waals surface area contributed by atoms with Crippen molar-refractivity contribution in [3.63, 3.8) is 0 Å². The monoisotopic (exact) mass is 366 g/mol. The second-order valence-electron chi connectivity index (χ2n) is 6.17. The van der Waals surface area contributed by atoms with Gasteiger partial charge in [0.25, 0.3) is 5.56 Å². The molecule has 1 amide bonds. The van der Waals surface area contributed by atoms with Crippen molar-refractivity contribution in [2.45, 2.75) is 25.5 Å². The van der Waals surface area contributed by atoms with Gasteiger partial charge in [-0.15, -0.1) is 5.10 Å². The Morgan fingerprint density at radius 2 is 2.11 bits per heavy atom. The summed E-state index contributed by atoms with van der Waals surface area (Å²) >= 11 is 0. The summed E-state index contributed by atoms with van der Waals surface area (Å²) in [5.41, 5.74) is 1.11. The van der Waals surface area contributed by atoms with Gasteiger partial charge in [0.15, 0.2) is 5.82 Å². The highest BCUT2D eigenvalue weighted by molar-refractivity contribution is 5.88. The summed E-state index contributed by atoms with van der Waals surface area (Å²) in [5.74, 6) is 0.301. The standard InChI is InChI=1S/C18H18N6O3/c25-15(19-18-20-17(21-22-18)14-7-4-10-27-14)11-24-16(26)9-8-13(23-24)12-5-2-1-3-6-12/h1-3,5-6,8-9,14H,4,7,10-11H2,(H2,19,20,21,22,25). The number of aromatic nitrogens is 5. The van der Waals surface area contributed by atoms with E-state index in [1.165, 1.54) is 6.07 Å². The van der Waals surface area contributed by atoms with Gasteiger partial charge in [0.2, 0.25) is 11.9 Å². The molecule has 1 aliphatic heterocycles. The minimum atomic E-state index is -0.437. The van der Waals surface area contributed by atoms with Gasteiger partial charge in [0, 0.05) is 18.2 Å². The third-order valence-corrected chi connectivity index (χ3v) is 4.22. The zero-order chi connectivity index (χ0) is 18.6. The Balaban J connectivity index is 1.46.